The van der Waals surface area contributed by atoms with Gasteiger partial charge in [0, 0.05) is 19.0 Å². The maximum Gasteiger partial charge on any atom is 0.159 e. The number of likely N-dealkylation sites (tertiary alicyclic amines) is 1. The van der Waals surface area contributed by atoms with Crippen LogP contribution in [0.4, 0.5) is 8.78 Å². The zero-order valence-electron chi connectivity index (χ0n) is 8.00. The summed E-state index contributed by atoms with van der Waals surface area (Å²) < 4.78 is 25.6. The van der Waals surface area contributed by atoms with Crippen LogP contribution >= 0.6 is 0 Å². The van der Waals surface area contributed by atoms with Crippen molar-refractivity contribution in [2.45, 2.75) is 5.92 Å². The Morgan fingerprint density at radius 3 is 2.64 bits per heavy atom. The molecule has 2 rings (SSSR count). The Kier molecular flexibility index (Phi) is 2.50. The number of nitrogens with zero attached hydrogens (tertiary/aromatic N) is 1. The number of halogens is 2. The summed E-state index contributed by atoms with van der Waals surface area (Å²) in [7, 11) is 2.01. The van der Waals surface area contributed by atoms with Gasteiger partial charge in [0.25, 0.3) is 0 Å². The molecule has 0 N–H and O–H groups in total. The molecule has 1 aliphatic rings. The molecule has 1 heterocycles. The third-order valence-electron chi connectivity index (χ3n) is 2.58. The standard InChI is InChI=1S/C11H12F2N/c1-14-5-4-9(7-14)8-2-3-10(12)11(13)6-8/h2-4,6,9H,5,7H2,1H3. The van der Waals surface area contributed by atoms with Gasteiger partial charge in [-0.25, -0.2) is 8.78 Å². The molecule has 1 aromatic carbocycles. The Labute approximate surface area is 82.3 Å². The van der Waals surface area contributed by atoms with Crippen LogP contribution in [0.1, 0.15) is 11.5 Å². The number of likely N-dealkylation sites (N-methyl/N-ethyl adjacent to an activating group) is 1. The van der Waals surface area contributed by atoms with E-state index in [9.17, 15) is 8.78 Å². The number of hydrogen-bond donors (Lipinski definition) is 0. The third kappa shape index (κ3) is 1.77. The molecule has 3 heteroatoms. The Morgan fingerprint density at radius 1 is 1.29 bits per heavy atom. The van der Waals surface area contributed by atoms with Crippen LogP contribution in [0.15, 0.2) is 18.2 Å². The van der Waals surface area contributed by atoms with E-state index in [1.165, 1.54) is 12.1 Å². The molecule has 1 aromatic rings. The minimum absolute atomic E-state index is 0.232. The highest BCUT2D eigenvalue weighted by Crippen LogP contribution is 2.26. The Balaban J connectivity index is 2.20. The summed E-state index contributed by atoms with van der Waals surface area (Å²) in [6.07, 6.45) is 2.12. The zero-order valence-corrected chi connectivity index (χ0v) is 8.00. The maximum absolute atomic E-state index is 12.9. The fraction of sp³-hybridized carbons (Fsp3) is 0.364. The van der Waals surface area contributed by atoms with E-state index in [1.54, 1.807) is 6.07 Å². The lowest BCUT2D eigenvalue weighted by atomic mass is 9.98. The van der Waals surface area contributed by atoms with Crippen LogP contribution in [-0.4, -0.2) is 25.0 Å². The van der Waals surface area contributed by atoms with Crippen LogP contribution < -0.4 is 0 Å². The van der Waals surface area contributed by atoms with Gasteiger partial charge in [-0.2, -0.15) is 0 Å². The quantitative estimate of drug-likeness (QED) is 0.665. The lowest BCUT2D eigenvalue weighted by molar-refractivity contribution is 0.414. The molecule has 0 spiro atoms. The normalized spacial score (nSPS) is 22.9. The second-order valence-corrected chi connectivity index (χ2v) is 3.74. The van der Waals surface area contributed by atoms with E-state index in [0.717, 1.165) is 18.7 Å². The Hall–Kier alpha value is -0.960. The van der Waals surface area contributed by atoms with Gasteiger partial charge in [0.05, 0.1) is 0 Å². The van der Waals surface area contributed by atoms with Crippen LogP contribution in [0.25, 0.3) is 0 Å². The van der Waals surface area contributed by atoms with Crippen LogP contribution in [0, 0.1) is 18.1 Å². The molecule has 0 aliphatic carbocycles. The average Bonchev–Trinajstić information content (AvgIpc) is 2.57. The first kappa shape index (κ1) is 9.59. The van der Waals surface area contributed by atoms with E-state index in [-0.39, 0.29) is 5.92 Å². The largest absolute Gasteiger partial charge is 0.305 e. The highest BCUT2D eigenvalue weighted by molar-refractivity contribution is 5.26. The molecular formula is C11H12F2N. The van der Waals surface area contributed by atoms with Crippen LogP contribution in [-0.2, 0) is 0 Å². The van der Waals surface area contributed by atoms with Gasteiger partial charge >= 0.3 is 0 Å². The first-order chi connectivity index (χ1) is 6.66. The van der Waals surface area contributed by atoms with Gasteiger partial charge in [-0.15, -0.1) is 0 Å². The summed E-state index contributed by atoms with van der Waals surface area (Å²) in [4.78, 5) is 2.14. The van der Waals surface area contributed by atoms with Gasteiger partial charge in [0.2, 0.25) is 0 Å². The lowest BCUT2D eigenvalue weighted by Crippen LogP contribution is -2.13. The summed E-state index contributed by atoms with van der Waals surface area (Å²) in [5.74, 6) is -1.30. The third-order valence-corrected chi connectivity index (χ3v) is 2.58. The number of benzene rings is 1. The van der Waals surface area contributed by atoms with Crippen molar-refractivity contribution in [3.8, 4) is 0 Å². The van der Waals surface area contributed by atoms with Gasteiger partial charge in [-0.05, 0) is 31.2 Å². The van der Waals surface area contributed by atoms with Crippen molar-refractivity contribution in [3.63, 3.8) is 0 Å². The first-order valence-corrected chi connectivity index (χ1v) is 4.63. The molecular weight excluding hydrogens is 184 g/mol. The second kappa shape index (κ2) is 3.65. The molecule has 14 heavy (non-hydrogen) atoms. The summed E-state index contributed by atoms with van der Waals surface area (Å²) in [5, 5.41) is 0. The average molecular weight is 196 g/mol. The van der Waals surface area contributed by atoms with E-state index in [0.29, 0.717) is 0 Å². The maximum atomic E-state index is 12.9. The van der Waals surface area contributed by atoms with Crippen molar-refractivity contribution in [3.05, 3.63) is 41.8 Å². The monoisotopic (exact) mass is 196 g/mol. The van der Waals surface area contributed by atoms with Crippen molar-refractivity contribution in [2.24, 2.45) is 0 Å². The smallest absolute Gasteiger partial charge is 0.159 e. The van der Waals surface area contributed by atoms with Crippen LogP contribution in [0.2, 0.25) is 0 Å². The van der Waals surface area contributed by atoms with Crippen LogP contribution in [0.3, 0.4) is 0 Å². The minimum Gasteiger partial charge on any atom is -0.305 e. The SMILES string of the molecule is CN1C[CH]C(c2ccc(F)c(F)c2)C1. The van der Waals surface area contributed by atoms with E-state index >= 15 is 0 Å². The molecule has 1 saturated heterocycles. The van der Waals surface area contributed by atoms with Crippen molar-refractivity contribution >= 4 is 0 Å². The molecule has 0 saturated carbocycles. The molecule has 1 radical (unpaired) electrons. The first-order valence-electron chi connectivity index (χ1n) is 4.63. The Bertz CT molecular complexity index is 338. The zero-order chi connectivity index (χ0) is 10.1. The number of hydrogen-bond acceptors (Lipinski definition) is 1. The van der Waals surface area contributed by atoms with Gasteiger partial charge in [0.1, 0.15) is 0 Å². The van der Waals surface area contributed by atoms with Crippen LogP contribution in [0.5, 0.6) is 0 Å². The summed E-state index contributed by atoms with van der Waals surface area (Å²) in [6, 6.07) is 4.13. The van der Waals surface area contributed by atoms with Crippen molar-refractivity contribution in [2.75, 3.05) is 20.1 Å². The fourth-order valence-corrected chi connectivity index (χ4v) is 1.78. The van der Waals surface area contributed by atoms with Gasteiger partial charge in [-0.1, -0.05) is 6.07 Å². The number of rotatable bonds is 1. The van der Waals surface area contributed by atoms with Crippen molar-refractivity contribution in [1.82, 2.24) is 4.90 Å². The fourth-order valence-electron chi connectivity index (χ4n) is 1.78. The molecule has 1 aliphatic heterocycles. The molecule has 0 bridgehead atoms. The van der Waals surface area contributed by atoms with E-state index in [4.69, 9.17) is 0 Å². The summed E-state index contributed by atoms with van der Waals surface area (Å²) in [6.45, 7) is 1.79. The van der Waals surface area contributed by atoms with Crippen molar-refractivity contribution < 1.29 is 8.78 Å². The van der Waals surface area contributed by atoms with Gasteiger partial charge in [0.15, 0.2) is 11.6 Å². The highest BCUT2D eigenvalue weighted by atomic mass is 19.2. The van der Waals surface area contributed by atoms with E-state index in [1.807, 2.05) is 7.05 Å². The molecule has 1 atom stereocenters. The molecule has 1 nitrogen and oxygen atoms in total. The highest BCUT2D eigenvalue weighted by Gasteiger charge is 2.22. The summed E-state index contributed by atoms with van der Waals surface area (Å²) in [5.41, 5.74) is 0.855. The predicted octanol–water partition coefficient (Wildman–Crippen LogP) is 2.20. The molecule has 0 amide bonds. The second-order valence-electron chi connectivity index (χ2n) is 3.74. The van der Waals surface area contributed by atoms with E-state index in [2.05, 4.69) is 11.3 Å². The predicted molar refractivity (Wildman–Crippen MR) is 50.9 cm³/mol. The summed E-state index contributed by atoms with van der Waals surface area (Å²) >= 11 is 0. The van der Waals surface area contributed by atoms with Gasteiger partial charge < -0.3 is 4.90 Å². The lowest BCUT2D eigenvalue weighted by Gasteiger charge is -2.10. The molecule has 1 unspecified atom stereocenters. The topological polar surface area (TPSA) is 3.24 Å². The molecule has 1 fully saturated rings. The molecule has 0 aromatic heterocycles. The Morgan fingerprint density at radius 2 is 2.07 bits per heavy atom. The minimum atomic E-state index is -0.778. The van der Waals surface area contributed by atoms with Gasteiger partial charge in [-0.3, -0.25) is 0 Å². The van der Waals surface area contributed by atoms with Crippen molar-refractivity contribution in [1.29, 1.82) is 0 Å². The molecule has 75 valence electrons. The van der Waals surface area contributed by atoms with E-state index < -0.39 is 11.6 Å².